The Morgan fingerprint density at radius 3 is 2.41 bits per heavy atom. The molecular weight excluding hydrogens is 361 g/mol. The molecule has 27 heavy (non-hydrogen) atoms. The van der Waals surface area contributed by atoms with Gasteiger partial charge >= 0.3 is 5.97 Å². The zero-order valence-corrected chi connectivity index (χ0v) is 13.8. The number of aromatic carboxylic acids is 1. The highest BCUT2D eigenvalue weighted by molar-refractivity contribution is 5.93. The van der Waals surface area contributed by atoms with Gasteiger partial charge in [0.25, 0.3) is 0 Å². The number of nitrogens with zero attached hydrogens (tertiary/aromatic N) is 1. The normalized spacial score (nSPS) is 15.1. The van der Waals surface area contributed by atoms with Crippen molar-refractivity contribution >= 4 is 16.9 Å². The molecule has 3 aromatic rings. The Morgan fingerprint density at radius 2 is 1.81 bits per heavy atom. The van der Waals surface area contributed by atoms with Gasteiger partial charge in [0.2, 0.25) is 5.43 Å². The third-order valence-corrected chi connectivity index (χ3v) is 4.82. The lowest BCUT2D eigenvalue weighted by Crippen LogP contribution is -2.23. The SMILES string of the molecule is NC1(c2cc3c(cc2F)c(=O)c(C(=O)O)cn3-c2ccc(F)cc2F)CC1. The molecule has 1 saturated carbocycles. The Hall–Kier alpha value is -3.13. The van der Waals surface area contributed by atoms with Gasteiger partial charge in [0.15, 0.2) is 0 Å². The lowest BCUT2D eigenvalue weighted by atomic mass is 10.0. The fourth-order valence-corrected chi connectivity index (χ4v) is 3.16. The van der Waals surface area contributed by atoms with Gasteiger partial charge in [0.05, 0.1) is 11.2 Å². The van der Waals surface area contributed by atoms with Crippen molar-refractivity contribution in [2.24, 2.45) is 5.73 Å². The monoisotopic (exact) mass is 374 g/mol. The van der Waals surface area contributed by atoms with Gasteiger partial charge in [-0.1, -0.05) is 0 Å². The van der Waals surface area contributed by atoms with Gasteiger partial charge in [-0.05, 0) is 37.1 Å². The molecule has 5 nitrogen and oxygen atoms in total. The first kappa shape index (κ1) is 17.3. The van der Waals surface area contributed by atoms with E-state index in [4.69, 9.17) is 5.73 Å². The number of fused-ring (bicyclic) bond motifs is 1. The predicted octanol–water partition coefficient (Wildman–Crippen LogP) is 3.05. The second-order valence-corrected chi connectivity index (χ2v) is 6.65. The van der Waals surface area contributed by atoms with Gasteiger partial charge in [-0.25, -0.2) is 18.0 Å². The Bertz CT molecular complexity index is 1180. The summed E-state index contributed by atoms with van der Waals surface area (Å²) in [6.45, 7) is 0. The Labute approximate surface area is 150 Å². The fourth-order valence-electron chi connectivity index (χ4n) is 3.16. The first-order valence-corrected chi connectivity index (χ1v) is 8.08. The minimum absolute atomic E-state index is 0.0867. The molecule has 8 heteroatoms. The lowest BCUT2D eigenvalue weighted by Gasteiger charge is -2.17. The van der Waals surface area contributed by atoms with Gasteiger partial charge < -0.3 is 15.4 Å². The van der Waals surface area contributed by atoms with E-state index in [9.17, 15) is 27.9 Å². The van der Waals surface area contributed by atoms with Crippen LogP contribution in [0.15, 0.2) is 41.3 Å². The van der Waals surface area contributed by atoms with Crippen LogP contribution < -0.4 is 11.2 Å². The van der Waals surface area contributed by atoms with Crippen LogP contribution in [0.1, 0.15) is 28.8 Å². The third-order valence-electron chi connectivity index (χ3n) is 4.82. The van der Waals surface area contributed by atoms with Crippen LogP contribution in [0.4, 0.5) is 13.2 Å². The molecule has 1 aliphatic carbocycles. The Morgan fingerprint density at radius 1 is 1.11 bits per heavy atom. The zero-order chi connectivity index (χ0) is 19.5. The van der Waals surface area contributed by atoms with Crippen molar-refractivity contribution in [1.82, 2.24) is 4.57 Å². The van der Waals surface area contributed by atoms with Crippen molar-refractivity contribution in [2.75, 3.05) is 0 Å². The van der Waals surface area contributed by atoms with Crippen molar-refractivity contribution in [3.63, 3.8) is 0 Å². The molecule has 138 valence electrons. The molecule has 3 N–H and O–H groups in total. The molecule has 0 amide bonds. The highest BCUT2D eigenvalue weighted by Crippen LogP contribution is 2.44. The molecule has 1 heterocycles. The number of aromatic nitrogens is 1. The predicted molar refractivity (Wildman–Crippen MR) is 91.5 cm³/mol. The Balaban J connectivity index is 2.13. The minimum atomic E-state index is -1.54. The van der Waals surface area contributed by atoms with Crippen molar-refractivity contribution in [2.45, 2.75) is 18.4 Å². The minimum Gasteiger partial charge on any atom is -0.477 e. The van der Waals surface area contributed by atoms with E-state index in [-0.39, 0.29) is 22.2 Å². The molecule has 0 unspecified atom stereocenters. The van der Waals surface area contributed by atoms with Crippen LogP contribution in [-0.4, -0.2) is 15.6 Å². The molecule has 0 bridgehead atoms. The van der Waals surface area contributed by atoms with Crippen molar-refractivity contribution in [3.8, 4) is 5.69 Å². The summed E-state index contributed by atoms with van der Waals surface area (Å²) >= 11 is 0. The molecule has 2 aromatic carbocycles. The molecule has 1 fully saturated rings. The van der Waals surface area contributed by atoms with Crippen LogP contribution in [0.5, 0.6) is 0 Å². The van der Waals surface area contributed by atoms with Crippen LogP contribution in [0.3, 0.4) is 0 Å². The lowest BCUT2D eigenvalue weighted by molar-refractivity contribution is 0.0695. The van der Waals surface area contributed by atoms with Crippen LogP contribution in [0.2, 0.25) is 0 Å². The second kappa shape index (κ2) is 5.68. The number of benzene rings is 2. The van der Waals surface area contributed by atoms with Crippen LogP contribution in [0, 0.1) is 17.5 Å². The van der Waals surface area contributed by atoms with E-state index >= 15 is 0 Å². The standard InChI is InChI=1S/C19H13F3N2O3/c20-9-1-2-15(14(22)5-9)24-8-11(18(26)27)17(25)10-6-13(21)12(7-16(10)24)19(23)3-4-19/h1-2,5-8H,3-4,23H2,(H,26,27). The Kier molecular flexibility index (Phi) is 3.64. The van der Waals surface area contributed by atoms with Crippen molar-refractivity contribution in [3.05, 3.63) is 75.3 Å². The maximum Gasteiger partial charge on any atom is 0.341 e. The van der Waals surface area contributed by atoms with Crippen molar-refractivity contribution < 1.29 is 23.1 Å². The summed E-state index contributed by atoms with van der Waals surface area (Å²) in [5.41, 5.74) is 3.71. The van der Waals surface area contributed by atoms with E-state index in [0.29, 0.717) is 18.9 Å². The summed E-state index contributed by atoms with van der Waals surface area (Å²) in [6.07, 6.45) is 2.05. The van der Waals surface area contributed by atoms with E-state index in [2.05, 4.69) is 0 Å². The molecule has 1 aromatic heterocycles. The van der Waals surface area contributed by atoms with Crippen LogP contribution in [-0.2, 0) is 5.54 Å². The number of carbonyl (C=O) groups is 1. The number of pyridine rings is 1. The summed E-state index contributed by atoms with van der Waals surface area (Å²) < 4.78 is 43.2. The second-order valence-electron chi connectivity index (χ2n) is 6.65. The number of nitrogens with two attached hydrogens (primary N) is 1. The smallest absolute Gasteiger partial charge is 0.341 e. The third kappa shape index (κ3) is 2.69. The molecular formula is C19H13F3N2O3. The van der Waals surface area contributed by atoms with E-state index in [1.54, 1.807) is 0 Å². The van der Waals surface area contributed by atoms with E-state index < -0.39 is 40.0 Å². The number of halogens is 3. The highest BCUT2D eigenvalue weighted by atomic mass is 19.1. The van der Waals surface area contributed by atoms with Gasteiger partial charge in [-0.3, -0.25) is 4.79 Å². The molecule has 0 saturated heterocycles. The van der Waals surface area contributed by atoms with Gasteiger partial charge in [-0.2, -0.15) is 0 Å². The van der Waals surface area contributed by atoms with E-state index in [0.717, 1.165) is 29.0 Å². The molecule has 0 aliphatic heterocycles. The zero-order valence-electron chi connectivity index (χ0n) is 13.8. The number of hydrogen-bond donors (Lipinski definition) is 2. The fraction of sp³-hybridized carbons (Fsp3) is 0.158. The summed E-state index contributed by atoms with van der Waals surface area (Å²) in [5, 5.41) is 9.06. The average Bonchev–Trinajstić information content (AvgIpc) is 3.34. The quantitative estimate of drug-likeness (QED) is 0.738. The van der Waals surface area contributed by atoms with Gasteiger partial charge in [-0.15, -0.1) is 0 Å². The largest absolute Gasteiger partial charge is 0.477 e. The van der Waals surface area contributed by atoms with Gasteiger partial charge in [0, 0.05) is 28.8 Å². The number of rotatable bonds is 3. The summed E-state index contributed by atoms with van der Waals surface area (Å²) in [5.74, 6) is -4.05. The van der Waals surface area contributed by atoms with E-state index in [1.807, 2.05) is 0 Å². The summed E-state index contributed by atoms with van der Waals surface area (Å²) in [4.78, 5) is 23.9. The van der Waals surface area contributed by atoms with Gasteiger partial charge in [0.1, 0.15) is 23.0 Å². The first-order valence-electron chi connectivity index (χ1n) is 8.08. The molecule has 0 radical (unpaired) electrons. The number of carboxylic acid groups (broad SMARTS) is 1. The molecule has 1 aliphatic rings. The maximum absolute atomic E-state index is 14.5. The summed E-state index contributed by atoms with van der Waals surface area (Å²) in [6, 6.07) is 4.99. The molecule has 4 rings (SSSR count). The first-order chi connectivity index (χ1) is 12.7. The molecule has 0 spiro atoms. The van der Waals surface area contributed by atoms with E-state index in [1.165, 1.54) is 6.07 Å². The average molecular weight is 374 g/mol. The topological polar surface area (TPSA) is 85.3 Å². The van der Waals surface area contributed by atoms with Crippen LogP contribution in [0.25, 0.3) is 16.6 Å². The highest BCUT2D eigenvalue weighted by Gasteiger charge is 2.42. The number of hydrogen-bond acceptors (Lipinski definition) is 3. The number of carboxylic acids is 1. The summed E-state index contributed by atoms with van der Waals surface area (Å²) in [7, 11) is 0. The molecule has 0 atom stereocenters. The van der Waals surface area contributed by atoms with Crippen molar-refractivity contribution in [1.29, 1.82) is 0 Å². The maximum atomic E-state index is 14.5. The van der Waals surface area contributed by atoms with Crippen LogP contribution >= 0.6 is 0 Å².